The van der Waals surface area contributed by atoms with E-state index in [4.69, 9.17) is 0 Å². The summed E-state index contributed by atoms with van der Waals surface area (Å²) >= 11 is 0. The van der Waals surface area contributed by atoms with E-state index in [2.05, 4.69) is 24.1 Å². The Kier molecular flexibility index (Phi) is 4.56. The van der Waals surface area contributed by atoms with Gasteiger partial charge in [-0.15, -0.1) is 0 Å². The molecule has 3 heteroatoms. The van der Waals surface area contributed by atoms with Crippen molar-refractivity contribution < 1.29 is 5.11 Å². The standard InChI is InChI=1S/C12H20N2O/c1-9(2)6-12(8-15)14-11-4-5-13-10(3)7-11/h4-5,7,9,12,15H,6,8H2,1-3H3,(H,13,14). The zero-order chi connectivity index (χ0) is 11.3. The highest BCUT2D eigenvalue weighted by molar-refractivity contribution is 5.43. The minimum absolute atomic E-state index is 0.131. The first-order chi connectivity index (χ1) is 7.11. The molecule has 0 saturated heterocycles. The van der Waals surface area contributed by atoms with Gasteiger partial charge in [0.25, 0.3) is 0 Å². The number of aromatic nitrogens is 1. The summed E-state index contributed by atoms with van der Waals surface area (Å²) in [5.74, 6) is 0.581. The van der Waals surface area contributed by atoms with Crippen molar-refractivity contribution in [3.63, 3.8) is 0 Å². The molecular formula is C12H20N2O. The quantitative estimate of drug-likeness (QED) is 0.779. The second kappa shape index (κ2) is 5.71. The van der Waals surface area contributed by atoms with Gasteiger partial charge in [-0.25, -0.2) is 0 Å². The summed E-state index contributed by atoms with van der Waals surface area (Å²) in [6, 6.07) is 4.05. The Balaban J connectivity index is 2.58. The first kappa shape index (κ1) is 12.0. The number of rotatable bonds is 5. The van der Waals surface area contributed by atoms with Gasteiger partial charge < -0.3 is 10.4 Å². The molecule has 2 N–H and O–H groups in total. The van der Waals surface area contributed by atoms with Crippen molar-refractivity contribution in [3.8, 4) is 0 Å². The van der Waals surface area contributed by atoms with Crippen LogP contribution < -0.4 is 5.32 Å². The largest absolute Gasteiger partial charge is 0.394 e. The maximum absolute atomic E-state index is 9.23. The van der Waals surface area contributed by atoms with Crippen molar-refractivity contribution in [2.45, 2.75) is 33.2 Å². The van der Waals surface area contributed by atoms with Gasteiger partial charge in [-0.3, -0.25) is 4.98 Å². The van der Waals surface area contributed by atoms with E-state index in [1.807, 2.05) is 19.1 Å². The van der Waals surface area contributed by atoms with Crippen LogP contribution in [0.4, 0.5) is 5.69 Å². The number of nitrogens with zero attached hydrogens (tertiary/aromatic N) is 1. The molecule has 84 valence electrons. The van der Waals surface area contributed by atoms with Crippen LogP contribution in [0.1, 0.15) is 26.0 Å². The van der Waals surface area contributed by atoms with E-state index in [1.165, 1.54) is 0 Å². The molecule has 15 heavy (non-hydrogen) atoms. The molecule has 1 aromatic rings. The van der Waals surface area contributed by atoms with Crippen molar-refractivity contribution >= 4 is 5.69 Å². The number of aliphatic hydroxyl groups excluding tert-OH is 1. The summed E-state index contributed by atoms with van der Waals surface area (Å²) in [5, 5.41) is 12.5. The number of aliphatic hydroxyl groups is 1. The summed E-state index contributed by atoms with van der Waals surface area (Å²) < 4.78 is 0. The molecule has 0 aromatic carbocycles. The van der Waals surface area contributed by atoms with E-state index in [0.29, 0.717) is 5.92 Å². The Morgan fingerprint density at radius 2 is 2.20 bits per heavy atom. The Bertz CT molecular complexity index is 299. The SMILES string of the molecule is Cc1cc(NC(CO)CC(C)C)ccn1. The first-order valence-electron chi connectivity index (χ1n) is 5.42. The van der Waals surface area contributed by atoms with Crippen LogP contribution in [0, 0.1) is 12.8 Å². The van der Waals surface area contributed by atoms with Gasteiger partial charge in [0.1, 0.15) is 0 Å². The third-order valence-electron chi connectivity index (χ3n) is 2.24. The topological polar surface area (TPSA) is 45.1 Å². The average Bonchev–Trinajstić information content (AvgIpc) is 2.16. The van der Waals surface area contributed by atoms with Crippen molar-refractivity contribution in [3.05, 3.63) is 24.0 Å². The van der Waals surface area contributed by atoms with Crippen LogP contribution in [-0.4, -0.2) is 22.7 Å². The van der Waals surface area contributed by atoms with Gasteiger partial charge in [0.05, 0.1) is 6.61 Å². The zero-order valence-electron chi connectivity index (χ0n) is 9.70. The Morgan fingerprint density at radius 3 is 2.73 bits per heavy atom. The molecule has 1 atom stereocenters. The molecule has 0 aliphatic carbocycles. The molecule has 1 unspecified atom stereocenters. The lowest BCUT2D eigenvalue weighted by atomic mass is 10.0. The normalized spacial score (nSPS) is 12.9. The molecule has 0 fully saturated rings. The molecule has 0 bridgehead atoms. The second-order valence-electron chi connectivity index (χ2n) is 4.34. The summed E-state index contributed by atoms with van der Waals surface area (Å²) in [6.45, 7) is 6.44. The third kappa shape index (κ3) is 4.30. The fraction of sp³-hybridized carbons (Fsp3) is 0.583. The van der Waals surface area contributed by atoms with Crippen molar-refractivity contribution in [1.29, 1.82) is 0 Å². The highest BCUT2D eigenvalue weighted by Gasteiger charge is 2.09. The summed E-state index contributed by atoms with van der Waals surface area (Å²) in [5.41, 5.74) is 2.02. The number of nitrogens with one attached hydrogen (secondary N) is 1. The lowest BCUT2D eigenvalue weighted by molar-refractivity contribution is 0.259. The van der Waals surface area contributed by atoms with Crippen LogP contribution in [0.5, 0.6) is 0 Å². The smallest absolute Gasteiger partial charge is 0.0632 e. The van der Waals surface area contributed by atoms with Crippen LogP contribution in [0.2, 0.25) is 0 Å². The number of hydrogen-bond acceptors (Lipinski definition) is 3. The van der Waals surface area contributed by atoms with Crippen LogP contribution >= 0.6 is 0 Å². The molecule has 0 spiro atoms. The minimum Gasteiger partial charge on any atom is -0.394 e. The molecule has 0 amide bonds. The van der Waals surface area contributed by atoms with E-state index < -0.39 is 0 Å². The molecule has 0 radical (unpaired) electrons. The van der Waals surface area contributed by atoms with Crippen LogP contribution in [0.25, 0.3) is 0 Å². The zero-order valence-corrected chi connectivity index (χ0v) is 9.70. The van der Waals surface area contributed by atoms with Crippen molar-refractivity contribution in [1.82, 2.24) is 4.98 Å². The highest BCUT2D eigenvalue weighted by atomic mass is 16.3. The van der Waals surface area contributed by atoms with Gasteiger partial charge >= 0.3 is 0 Å². The van der Waals surface area contributed by atoms with Crippen molar-refractivity contribution in [2.24, 2.45) is 5.92 Å². The molecule has 1 aromatic heterocycles. The molecule has 3 nitrogen and oxygen atoms in total. The summed E-state index contributed by atoms with van der Waals surface area (Å²) in [6.07, 6.45) is 2.75. The Labute approximate surface area is 91.5 Å². The van der Waals surface area contributed by atoms with E-state index in [-0.39, 0.29) is 12.6 Å². The highest BCUT2D eigenvalue weighted by Crippen LogP contribution is 2.13. The molecule has 0 aliphatic heterocycles. The van der Waals surface area contributed by atoms with Crippen LogP contribution in [-0.2, 0) is 0 Å². The number of aryl methyl sites for hydroxylation is 1. The Hall–Kier alpha value is -1.09. The van der Waals surface area contributed by atoms with Gasteiger partial charge in [-0.05, 0) is 31.4 Å². The monoisotopic (exact) mass is 208 g/mol. The molecule has 0 saturated carbocycles. The van der Waals surface area contributed by atoms with Crippen molar-refractivity contribution in [2.75, 3.05) is 11.9 Å². The maximum Gasteiger partial charge on any atom is 0.0632 e. The van der Waals surface area contributed by atoms with Crippen LogP contribution in [0.15, 0.2) is 18.3 Å². The molecular weight excluding hydrogens is 188 g/mol. The van der Waals surface area contributed by atoms with Crippen LogP contribution in [0.3, 0.4) is 0 Å². The van der Waals surface area contributed by atoms with E-state index >= 15 is 0 Å². The minimum atomic E-state index is 0.131. The first-order valence-corrected chi connectivity index (χ1v) is 5.42. The fourth-order valence-electron chi connectivity index (χ4n) is 1.62. The molecule has 1 heterocycles. The van der Waals surface area contributed by atoms with E-state index in [1.54, 1.807) is 6.20 Å². The lowest BCUT2D eigenvalue weighted by Gasteiger charge is -2.19. The van der Waals surface area contributed by atoms with Gasteiger partial charge in [-0.1, -0.05) is 13.8 Å². The molecule has 1 rings (SSSR count). The van der Waals surface area contributed by atoms with Gasteiger partial charge in [-0.2, -0.15) is 0 Å². The predicted molar refractivity (Wildman–Crippen MR) is 62.9 cm³/mol. The number of pyridine rings is 1. The van der Waals surface area contributed by atoms with Gasteiger partial charge in [0.2, 0.25) is 0 Å². The van der Waals surface area contributed by atoms with Gasteiger partial charge in [0, 0.05) is 23.6 Å². The average molecular weight is 208 g/mol. The lowest BCUT2D eigenvalue weighted by Crippen LogP contribution is -2.25. The third-order valence-corrected chi connectivity index (χ3v) is 2.24. The summed E-state index contributed by atoms with van der Waals surface area (Å²) in [7, 11) is 0. The fourth-order valence-corrected chi connectivity index (χ4v) is 1.62. The Morgan fingerprint density at radius 1 is 1.47 bits per heavy atom. The van der Waals surface area contributed by atoms with E-state index in [9.17, 15) is 5.11 Å². The summed E-state index contributed by atoms with van der Waals surface area (Å²) in [4.78, 5) is 4.13. The maximum atomic E-state index is 9.23. The van der Waals surface area contributed by atoms with Gasteiger partial charge in [0.15, 0.2) is 0 Å². The molecule has 0 aliphatic rings. The second-order valence-corrected chi connectivity index (χ2v) is 4.34. The van der Waals surface area contributed by atoms with E-state index in [0.717, 1.165) is 17.8 Å². The predicted octanol–water partition coefficient (Wildman–Crippen LogP) is 2.21. The number of hydrogen-bond donors (Lipinski definition) is 2. The number of anilines is 1.